The lowest BCUT2D eigenvalue weighted by molar-refractivity contribution is 1.45. The number of rotatable bonds is 5. The number of thiol groups is 1. The van der Waals surface area contributed by atoms with Crippen LogP contribution in [0.1, 0.15) is 34.6 Å². The average molecular weight is 252 g/mol. The first kappa shape index (κ1) is 21.3. The second kappa shape index (κ2) is 17.4. The van der Waals surface area contributed by atoms with Gasteiger partial charge in [0.15, 0.2) is 0 Å². The molecule has 0 aromatic heterocycles. The molecule has 0 aliphatic rings. The van der Waals surface area contributed by atoms with Gasteiger partial charge in [0.25, 0.3) is 0 Å². The van der Waals surface area contributed by atoms with Crippen molar-refractivity contribution in [3.8, 4) is 0 Å². The molecule has 0 aliphatic carbocycles. The summed E-state index contributed by atoms with van der Waals surface area (Å²) in [5.74, 6) is 0.672. The first-order chi connectivity index (χ1) is 8.15. The van der Waals surface area contributed by atoms with E-state index in [2.05, 4.69) is 32.4 Å². The van der Waals surface area contributed by atoms with E-state index in [1.807, 2.05) is 52.8 Å². The van der Waals surface area contributed by atoms with Crippen LogP contribution in [0.5, 0.6) is 0 Å². The van der Waals surface area contributed by atoms with E-state index < -0.39 is 0 Å². The van der Waals surface area contributed by atoms with Crippen molar-refractivity contribution < 1.29 is 0 Å². The van der Waals surface area contributed by atoms with Gasteiger partial charge in [0.2, 0.25) is 0 Å². The van der Waals surface area contributed by atoms with Crippen molar-refractivity contribution in [2.75, 3.05) is 5.75 Å². The summed E-state index contributed by atoms with van der Waals surface area (Å²) in [6, 6.07) is 0. The molecule has 0 N–H and O–H groups in total. The summed E-state index contributed by atoms with van der Waals surface area (Å²) in [5, 5.41) is 0. The van der Waals surface area contributed by atoms with Gasteiger partial charge in [0, 0.05) is 5.75 Å². The van der Waals surface area contributed by atoms with Crippen LogP contribution in [0.25, 0.3) is 0 Å². The average Bonchev–Trinajstić information content (AvgIpc) is 2.43. The van der Waals surface area contributed by atoms with E-state index in [4.69, 9.17) is 0 Å². The van der Waals surface area contributed by atoms with Crippen molar-refractivity contribution >= 4 is 12.6 Å². The maximum atomic E-state index is 4.21. The van der Waals surface area contributed by atoms with Crippen molar-refractivity contribution in [1.82, 2.24) is 0 Å². The van der Waals surface area contributed by atoms with E-state index in [0.717, 1.165) is 16.7 Å². The Labute approximate surface area is 114 Å². The summed E-state index contributed by atoms with van der Waals surface area (Å²) in [4.78, 5) is 0. The maximum absolute atomic E-state index is 4.21. The molecular formula is C16H28S. The molecule has 0 rings (SSSR count). The SMILES string of the molecule is C=CC(=C)/C(=C\C=C(\C)C=C)CS.CC.CC. The lowest BCUT2D eigenvalue weighted by Crippen LogP contribution is -1.85. The van der Waals surface area contributed by atoms with Gasteiger partial charge < -0.3 is 0 Å². The standard InChI is InChI=1S/C12H16S.2C2H6/c1-5-10(3)7-8-12(9-13)11(4)6-2;2*1-2/h5-8,13H,1-2,4,9H2,3H3;2*1-2H3/b10-7-,12-8-;;. The zero-order chi connectivity index (χ0) is 14.3. The summed E-state index contributed by atoms with van der Waals surface area (Å²) in [7, 11) is 0. The van der Waals surface area contributed by atoms with E-state index in [1.165, 1.54) is 0 Å². The molecule has 0 nitrogen and oxygen atoms in total. The summed E-state index contributed by atoms with van der Waals surface area (Å²) >= 11 is 4.21. The van der Waals surface area contributed by atoms with Crippen LogP contribution in [0, 0.1) is 0 Å². The Morgan fingerprint density at radius 2 is 1.47 bits per heavy atom. The molecule has 0 heterocycles. The van der Waals surface area contributed by atoms with E-state index in [-0.39, 0.29) is 0 Å². The highest BCUT2D eigenvalue weighted by Gasteiger charge is 1.94. The third kappa shape index (κ3) is 13.0. The molecule has 0 unspecified atom stereocenters. The van der Waals surface area contributed by atoms with Crippen molar-refractivity contribution in [3.05, 3.63) is 60.8 Å². The molecule has 98 valence electrons. The van der Waals surface area contributed by atoms with E-state index in [0.29, 0.717) is 5.75 Å². The molecule has 0 aliphatic heterocycles. The lowest BCUT2D eigenvalue weighted by atomic mass is 10.1. The topological polar surface area (TPSA) is 0 Å². The Hall–Kier alpha value is -0.950. The molecule has 0 fully saturated rings. The van der Waals surface area contributed by atoms with Gasteiger partial charge in [0.1, 0.15) is 0 Å². The van der Waals surface area contributed by atoms with E-state index >= 15 is 0 Å². The molecule has 0 radical (unpaired) electrons. The second-order valence-electron chi connectivity index (χ2n) is 2.69. The maximum Gasteiger partial charge on any atom is 0.0159 e. The Morgan fingerprint density at radius 3 is 1.76 bits per heavy atom. The predicted molar refractivity (Wildman–Crippen MR) is 87.9 cm³/mol. The molecule has 0 aromatic carbocycles. The molecule has 0 spiro atoms. The van der Waals surface area contributed by atoms with Crippen molar-refractivity contribution in [3.63, 3.8) is 0 Å². The van der Waals surface area contributed by atoms with Crippen molar-refractivity contribution in [2.45, 2.75) is 34.6 Å². The highest BCUT2D eigenvalue weighted by atomic mass is 32.1. The van der Waals surface area contributed by atoms with Gasteiger partial charge in [-0.05, 0) is 18.1 Å². The molecule has 0 aromatic rings. The minimum absolute atomic E-state index is 0.672. The van der Waals surface area contributed by atoms with E-state index in [9.17, 15) is 0 Å². The summed E-state index contributed by atoms with van der Waals surface area (Å²) in [6.07, 6.45) is 7.53. The summed E-state index contributed by atoms with van der Waals surface area (Å²) in [6.45, 7) is 21.2. The fourth-order valence-electron chi connectivity index (χ4n) is 0.692. The van der Waals surface area contributed by atoms with Crippen LogP contribution >= 0.6 is 12.6 Å². The Balaban J connectivity index is -0.000000439. The van der Waals surface area contributed by atoms with Crippen LogP contribution in [-0.4, -0.2) is 5.75 Å². The van der Waals surface area contributed by atoms with Gasteiger partial charge in [0.05, 0.1) is 0 Å². The van der Waals surface area contributed by atoms with Crippen LogP contribution < -0.4 is 0 Å². The number of hydrogen-bond donors (Lipinski definition) is 1. The van der Waals surface area contributed by atoms with Gasteiger partial charge in [-0.15, -0.1) is 0 Å². The van der Waals surface area contributed by atoms with Crippen LogP contribution in [0.15, 0.2) is 60.8 Å². The first-order valence-corrected chi connectivity index (χ1v) is 6.71. The minimum atomic E-state index is 0.672. The van der Waals surface area contributed by atoms with E-state index in [1.54, 1.807) is 6.08 Å². The molecule has 0 amide bonds. The summed E-state index contributed by atoms with van der Waals surface area (Å²) in [5.41, 5.74) is 3.12. The Morgan fingerprint density at radius 1 is 1.00 bits per heavy atom. The quantitative estimate of drug-likeness (QED) is 0.466. The van der Waals surface area contributed by atoms with Gasteiger partial charge in [-0.25, -0.2) is 0 Å². The Bertz CT molecular complexity index is 267. The van der Waals surface area contributed by atoms with Crippen LogP contribution in [0.3, 0.4) is 0 Å². The number of hydrogen-bond acceptors (Lipinski definition) is 1. The third-order valence-electron chi connectivity index (χ3n) is 1.70. The second-order valence-corrected chi connectivity index (χ2v) is 3.01. The largest absolute Gasteiger partial charge is 0.175 e. The van der Waals surface area contributed by atoms with Crippen LogP contribution in [-0.2, 0) is 0 Å². The normalized spacial score (nSPS) is 10.2. The zero-order valence-electron chi connectivity index (χ0n) is 12.1. The third-order valence-corrected chi connectivity index (χ3v) is 2.04. The van der Waals surface area contributed by atoms with Gasteiger partial charge in [-0.1, -0.05) is 77.3 Å². The van der Waals surface area contributed by atoms with Crippen molar-refractivity contribution in [1.29, 1.82) is 0 Å². The fraction of sp³-hybridized carbons (Fsp3) is 0.375. The highest BCUT2D eigenvalue weighted by Crippen LogP contribution is 2.11. The molecular weight excluding hydrogens is 224 g/mol. The van der Waals surface area contributed by atoms with Crippen LogP contribution in [0.2, 0.25) is 0 Å². The predicted octanol–water partition coefficient (Wildman–Crippen LogP) is 5.77. The van der Waals surface area contributed by atoms with Gasteiger partial charge >= 0.3 is 0 Å². The molecule has 0 atom stereocenters. The van der Waals surface area contributed by atoms with Gasteiger partial charge in [-0.3, -0.25) is 0 Å². The van der Waals surface area contributed by atoms with Gasteiger partial charge in [-0.2, -0.15) is 12.6 Å². The number of allylic oxidation sites excluding steroid dienone is 6. The molecule has 0 bridgehead atoms. The molecule has 1 heteroatoms. The zero-order valence-corrected chi connectivity index (χ0v) is 13.0. The molecule has 0 saturated carbocycles. The van der Waals surface area contributed by atoms with Crippen LogP contribution in [0.4, 0.5) is 0 Å². The first-order valence-electron chi connectivity index (χ1n) is 6.08. The lowest BCUT2D eigenvalue weighted by Gasteiger charge is -2.01. The molecule has 0 saturated heterocycles. The smallest absolute Gasteiger partial charge is 0.0159 e. The molecule has 17 heavy (non-hydrogen) atoms. The Kier molecular flexibility index (Phi) is 21.9. The highest BCUT2D eigenvalue weighted by molar-refractivity contribution is 7.80. The fourth-order valence-corrected chi connectivity index (χ4v) is 1.00. The minimum Gasteiger partial charge on any atom is -0.175 e. The van der Waals surface area contributed by atoms with Crippen molar-refractivity contribution in [2.24, 2.45) is 0 Å². The summed E-state index contributed by atoms with van der Waals surface area (Å²) < 4.78 is 0. The monoisotopic (exact) mass is 252 g/mol.